The van der Waals surface area contributed by atoms with Gasteiger partial charge in [0, 0.05) is 49.3 Å². The van der Waals surface area contributed by atoms with Gasteiger partial charge in [0.1, 0.15) is 0 Å². The van der Waals surface area contributed by atoms with Crippen molar-refractivity contribution in [2.45, 2.75) is 37.2 Å². The van der Waals surface area contributed by atoms with Crippen molar-refractivity contribution in [2.75, 3.05) is 37.8 Å². The molecule has 164 valence electrons. The molecule has 0 unspecified atom stereocenters. The number of benzene rings is 2. The van der Waals surface area contributed by atoms with Crippen LogP contribution in [0.5, 0.6) is 0 Å². The van der Waals surface area contributed by atoms with E-state index in [1.54, 1.807) is 11.8 Å². The quantitative estimate of drug-likeness (QED) is 0.692. The van der Waals surface area contributed by atoms with Crippen LogP contribution in [0.2, 0.25) is 0 Å². The van der Waals surface area contributed by atoms with E-state index in [-0.39, 0.29) is 18.1 Å². The van der Waals surface area contributed by atoms with Gasteiger partial charge in [0.15, 0.2) is 0 Å². The van der Waals surface area contributed by atoms with Crippen molar-refractivity contribution in [1.29, 1.82) is 0 Å². The summed E-state index contributed by atoms with van der Waals surface area (Å²) in [7, 11) is 0. The summed E-state index contributed by atoms with van der Waals surface area (Å²) in [5.74, 6) is 0. The SMILES string of the molecule is CSc1cccc(NC(=O)N2CCC(N3CCN(Cc4cccc(C)c4)C3=O)CC2)c1. The number of rotatable bonds is 5. The maximum atomic E-state index is 13.0. The Kier molecular flexibility index (Phi) is 6.70. The Hall–Kier alpha value is -2.67. The Balaban J connectivity index is 1.28. The zero-order valence-electron chi connectivity index (χ0n) is 18.2. The van der Waals surface area contributed by atoms with E-state index in [2.05, 4.69) is 30.4 Å². The van der Waals surface area contributed by atoms with Crippen LogP contribution in [0.4, 0.5) is 15.3 Å². The van der Waals surface area contributed by atoms with Gasteiger partial charge in [-0.1, -0.05) is 35.9 Å². The van der Waals surface area contributed by atoms with E-state index in [0.29, 0.717) is 19.6 Å². The molecule has 4 amide bonds. The van der Waals surface area contributed by atoms with Gasteiger partial charge in [0.25, 0.3) is 0 Å². The second-order valence-corrected chi connectivity index (χ2v) is 9.15. The van der Waals surface area contributed by atoms with Gasteiger partial charge in [-0.3, -0.25) is 0 Å². The molecular weight excluding hydrogens is 408 g/mol. The highest BCUT2D eigenvalue weighted by Gasteiger charge is 2.36. The minimum Gasteiger partial charge on any atom is -0.324 e. The van der Waals surface area contributed by atoms with Gasteiger partial charge < -0.3 is 20.0 Å². The number of likely N-dealkylation sites (tertiary alicyclic amines) is 1. The molecule has 2 aliphatic heterocycles. The Morgan fingerprint density at radius 3 is 2.58 bits per heavy atom. The third-order valence-corrected chi connectivity index (χ3v) is 6.82. The fourth-order valence-electron chi connectivity index (χ4n) is 4.40. The highest BCUT2D eigenvalue weighted by atomic mass is 32.2. The first-order valence-electron chi connectivity index (χ1n) is 10.8. The van der Waals surface area contributed by atoms with E-state index >= 15 is 0 Å². The molecule has 2 aromatic rings. The van der Waals surface area contributed by atoms with Gasteiger partial charge in [0.05, 0.1) is 0 Å². The molecule has 4 rings (SSSR count). The molecule has 0 saturated carbocycles. The number of piperidine rings is 1. The van der Waals surface area contributed by atoms with Gasteiger partial charge in [-0.05, 0) is 49.8 Å². The smallest absolute Gasteiger partial charge is 0.321 e. The van der Waals surface area contributed by atoms with Crippen LogP contribution < -0.4 is 5.32 Å². The maximum Gasteiger partial charge on any atom is 0.321 e. The molecule has 0 aliphatic carbocycles. The lowest BCUT2D eigenvalue weighted by molar-refractivity contribution is 0.139. The van der Waals surface area contributed by atoms with Gasteiger partial charge in [-0.2, -0.15) is 0 Å². The topological polar surface area (TPSA) is 55.9 Å². The van der Waals surface area contributed by atoms with E-state index in [1.807, 2.05) is 51.3 Å². The van der Waals surface area contributed by atoms with Crippen LogP contribution in [-0.4, -0.2) is 65.2 Å². The molecule has 6 nitrogen and oxygen atoms in total. The van der Waals surface area contributed by atoms with Crippen molar-refractivity contribution in [2.24, 2.45) is 0 Å². The molecule has 2 aliphatic rings. The predicted octanol–water partition coefficient (Wildman–Crippen LogP) is 4.65. The zero-order chi connectivity index (χ0) is 21.8. The van der Waals surface area contributed by atoms with E-state index in [1.165, 1.54) is 11.1 Å². The number of urea groups is 2. The van der Waals surface area contributed by atoms with Crippen LogP contribution in [0, 0.1) is 6.92 Å². The molecule has 1 N–H and O–H groups in total. The summed E-state index contributed by atoms with van der Waals surface area (Å²) in [6.45, 7) is 5.60. The summed E-state index contributed by atoms with van der Waals surface area (Å²) in [5, 5.41) is 3.00. The summed E-state index contributed by atoms with van der Waals surface area (Å²) < 4.78 is 0. The Bertz CT molecular complexity index is 943. The number of carbonyl (C=O) groups excluding carboxylic acids is 2. The third-order valence-electron chi connectivity index (χ3n) is 6.10. The first kappa shape index (κ1) is 21.6. The largest absolute Gasteiger partial charge is 0.324 e. The lowest BCUT2D eigenvalue weighted by atomic mass is 10.0. The van der Waals surface area contributed by atoms with Crippen LogP contribution in [0.1, 0.15) is 24.0 Å². The van der Waals surface area contributed by atoms with Gasteiger partial charge in [-0.25, -0.2) is 9.59 Å². The molecule has 0 atom stereocenters. The second-order valence-electron chi connectivity index (χ2n) is 8.27. The number of hydrogen-bond donors (Lipinski definition) is 1. The normalized spacial score (nSPS) is 17.4. The van der Waals surface area contributed by atoms with Crippen LogP contribution in [-0.2, 0) is 6.54 Å². The minimum absolute atomic E-state index is 0.0643. The molecule has 31 heavy (non-hydrogen) atoms. The average molecular weight is 439 g/mol. The first-order chi connectivity index (χ1) is 15.0. The van der Waals surface area contributed by atoms with Crippen LogP contribution in [0.3, 0.4) is 0 Å². The first-order valence-corrected chi connectivity index (χ1v) is 12.1. The minimum atomic E-state index is -0.0643. The molecular formula is C24H30N4O2S. The lowest BCUT2D eigenvalue weighted by Gasteiger charge is -2.36. The number of hydrogen-bond acceptors (Lipinski definition) is 3. The van der Waals surface area contributed by atoms with E-state index in [9.17, 15) is 9.59 Å². The van der Waals surface area contributed by atoms with Crippen molar-refractivity contribution >= 4 is 29.5 Å². The fraction of sp³-hybridized carbons (Fsp3) is 0.417. The van der Waals surface area contributed by atoms with Crippen LogP contribution in [0.25, 0.3) is 0 Å². The van der Waals surface area contributed by atoms with Crippen molar-refractivity contribution in [3.63, 3.8) is 0 Å². The monoisotopic (exact) mass is 438 g/mol. The number of thioether (sulfide) groups is 1. The average Bonchev–Trinajstić information content (AvgIpc) is 3.14. The van der Waals surface area contributed by atoms with Crippen molar-refractivity contribution < 1.29 is 9.59 Å². The summed E-state index contributed by atoms with van der Waals surface area (Å²) in [4.78, 5) is 32.6. The fourth-order valence-corrected chi connectivity index (χ4v) is 4.86. The van der Waals surface area contributed by atoms with Crippen LogP contribution in [0.15, 0.2) is 53.4 Å². The predicted molar refractivity (Wildman–Crippen MR) is 126 cm³/mol. The summed E-state index contributed by atoms with van der Waals surface area (Å²) in [6.07, 6.45) is 3.66. The van der Waals surface area contributed by atoms with Gasteiger partial charge in [0.2, 0.25) is 0 Å². The second kappa shape index (κ2) is 9.64. The van der Waals surface area contributed by atoms with Crippen LogP contribution >= 0.6 is 11.8 Å². The molecule has 2 fully saturated rings. The summed E-state index contributed by atoms with van der Waals surface area (Å²) >= 11 is 1.66. The molecule has 7 heteroatoms. The molecule has 2 saturated heterocycles. The van der Waals surface area contributed by atoms with E-state index < -0.39 is 0 Å². The number of nitrogens with one attached hydrogen (secondary N) is 1. The Morgan fingerprint density at radius 2 is 1.84 bits per heavy atom. The highest BCUT2D eigenvalue weighted by Crippen LogP contribution is 2.24. The van der Waals surface area contributed by atoms with Crippen molar-refractivity contribution in [1.82, 2.24) is 14.7 Å². The lowest BCUT2D eigenvalue weighted by Crippen LogP contribution is -2.49. The van der Waals surface area contributed by atoms with Gasteiger partial charge >= 0.3 is 12.1 Å². The van der Waals surface area contributed by atoms with Crippen molar-refractivity contribution in [3.05, 3.63) is 59.7 Å². The number of carbonyl (C=O) groups is 2. The highest BCUT2D eigenvalue weighted by molar-refractivity contribution is 7.98. The maximum absolute atomic E-state index is 13.0. The number of nitrogens with zero attached hydrogens (tertiary/aromatic N) is 3. The summed E-state index contributed by atoms with van der Waals surface area (Å²) in [6, 6.07) is 16.5. The molecule has 2 aromatic carbocycles. The molecule has 0 radical (unpaired) electrons. The Morgan fingerprint density at radius 1 is 1.06 bits per heavy atom. The molecule has 0 bridgehead atoms. The summed E-state index contributed by atoms with van der Waals surface area (Å²) in [5.41, 5.74) is 3.21. The van der Waals surface area contributed by atoms with E-state index in [0.717, 1.165) is 36.5 Å². The molecule has 0 aromatic heterocycles. The molecule has 0 spiro atoms. The van der Waals surface area contributed by atoms with E-state index in [4.69, 9.17) is 0 Å². The Labute approximate surface area is 188 Å². The number of aryl methyl sites for hydroxylation is 1. The zero-order valence-corrected chi connectivity index (χ0v) is 19.0. The van der Waals surface area contributed by atoms with Gasteiger partial charge in [-0.15, -0.1) is 11.8 Å². The van der Waals surface area contributed by atoms with Crippen molar-refractivity contribution in [3.8, 4) is 0 Å². The standard InChI is InChI=1S/C24H30N4O2S/c1-18-5-3-6-19(15-18)17-27-13-14-28(24(27)30)21-9-11-26(12-10-21)23(29)25-20-7-4-8-22(16-20)31-2/h3-8,15-16,21H,9-14,17H2,1-2H3,(H,25,29). The number of amides is 4. The number of anilines is 1. The third kappa shape index (κ3) is 5.15. The molecule has 2 heterocycles.